The Morgan fingerprint density at radius 1 is 1.27 bits per heavy atom. The molecule has 15 heavy (non-hydrogen) atoms. The van der Waals surface area contributed by atoms with Crippen molar-refractivity contribution in [2.45, 2.75) is 26.8 Å². The number of phosphoric acid groups is 1. The topological polar surface area (TPSA) is 65.0 Å². The predicted octanol–water partition coefficient (Wildman–Crippen LogP) is -0.416. The summed E-state index contributed by atoms with van der Waals surface area (Å²) in [6, 6.07) is 0.885. The summed E-state index contributed by atoms with van der Waals surface area (Å²) in [6.45, 7) is 6.14. The molecular formula is C6H21O5PSi3. The smallest absolute Gasteiger partial charge is 0.438 e. The normalized spacial score (nSPS) is 15.7. The molecule has 1 unspecified atom stereocenters. The lowest BCUT2D eigenvalue weighted by Gasteiger charge is -2.16. The van der Waals surface area contributed by atoms with Gasteiger partial charge < -0.3 is 9.01 Å². The molecule has 0 aromatic rings. The van der Waals surface area contributed by atoms with E-state index >= 15 is 0 Å². The van der Waals surface area contributed by atoms with Crippen LogP contribution in [0.3, 0.4) is 0 Å². The predicted molar refractivity (Wildman–Crippen MR) is 68.9 cm³/mol. The van der Waals surface area contributed by atoms with Crippen LogP contribution in [0.5, 0.6) is 0 Å². The van der Waals surface area contributed by atoms with Gasteiger partial charge in [0.25, 0.3) is 0 Å². The molecule has 0 radical (unpaired) electrons. The third kappa shape index (κ3) is 7.59. The van der Waals surface area contributed by atoms with E-state index in [-0.39, 0.29) is 0 Å². The average Bonchev–Trinajstić information content (AvgIpc) is 2.18. The summed E-state index contributed by atoms with van der Waals surface area (Å²) in [5.41, 5.74) is 0. The van der Waals surface area contributed by atoms with Crippen molar-refractivity contribution in [1.29, 1.82) is 0 Å². The molecule has 0 aromatic heterocycles. The van der Waals surface area contributed by atoms with Gasteiger partial charge in [-0.25, -0.2) is 4.57 Å². The number of rotatable bonds is 9. The number of hydrogen-bond acceptors (Lipinski definition) is 5. The molecule has 1 atom stereocenters. The Morgan fingerprint density at radius 2 is 1.80 bits per heavy atom. The van der Waals surface area contributed by atoms with Crippen LogP contribution in [0.15, 0.2) is 0 Å². The molecule has 0 aliphatic carbocycles. The van der Waals surface area contributed by atoms with E-state index in [9.17, 15) is 9.36 Å². The minimum Gasteiger partial charge on any atom is -0.438 e. The summed E-state index contributed by atoms with van der Waals surface area (Å²) in [7, 11) is -6.10. The molecular weight excluding hydrogens is 267 g/mol. The highest BCUT2D eigenvalue weighted by Gasteiger charge is 2.25. The quantitative estimate of drug-likeness (QED) is 0.461. The maximum atomic E-state index is 11.8. The second kappa shape index (κ2) is 8.83. The van der Waals surface area contributed by atoms with Gasteiger partial charge in [-0.15, -0.1) is 0 Å². The van der Waals surface area contributed by atoms with Crippen molar-refractivity contribution in [2.24, 2.45) is 0 Å². The zero-order valence-electron chi connectivity index (χ0n) is 9.64. The molecule has 92 valence electrons. The number of hydrogen-bond donors (Lipinski definition) is 1. The first kappa shape index (κ1) is 15.7. The minimum atomic E-state index is -3.28. The highest BCUT2D eigenvalue weighted by Crippen LogP contribution is 2.48. The van der Waals surface area contributed by atoms with Gasteiger partial charge in [0.15, 0.2) is 17.8 Å². The van der Waals surface area contributed by atoms with E-state index < -0.39 is 34.2 Å². The second-order valence-corrected chi connectivity index (χ2v) is 19.5. The summed E-state index contributed by atoms with van der Waals surface area (Å²) < 4.78 is 27.1. The molecule has 0 aliphatic heterocycles. The largest absolute Gasteiger partial charge is 0.463 e. The van der Waals surface area contributed by atoms with Crippen molar-refractivity contribution >= 4 is 34.2 Å². The minimum absolute atomic E-state index is 0.320. The molecule has 0 rings (SSSR count). The first-order valence-corrected chi connectivity index (χ1v) is 15.9. The standard InChI is InChI=1S/C6H21O5PSi3/c1-4-9-12(7,10-5-2)11-13-14-15(8)6-3/h8,15H,4-6,13-14H2,1-3H3. The van der Waals surface area contributed by atoms with Crippen LogP contribution in [0.4, 0.5) is 0 Å². The van der Waals surface area contributed by atoms with Crippen LogP contribution in [0.2, 0.25) is 6.04 Å². The molecule has 0 spiro atoms. The Morgan fingerprint density at radius 3 is 2.20 bits per heavy atom. The molecule has 0 aromatic carbocycles. The van der Waals surface area contributed by atoms with Crippen LogP contribution < -0.4 is 0 Å². The molecule has 5 nitrogen and oxygen atoms in total. The first-order chi connectivity index (χ1) is 7.08. The van der Waals surface area contributed by atoms with Crippen LogP contribution in [0, 0.1) is 0 Å². The van der Waals surface area contributed by atoms with Gasteiger partial charge in [0.1, 0.15) is 0 Å². The van der Waals surface area contributed by atoms with Gasteiger partial charge >= 0.3 is 7.82 Å². The molecule has 1 N–H and O–H groups in total. The van der Waals surface area contributed by atoms with Gasteiger partial charge in [-0.1, -0.05) is 6.92 Å². The lowest BCUT2D eigenvalue weighted by molar-refractivity contribution is 0.170. The van der Waals surface area contributed by atoms with Crippen LogP contribution in [-0.4, -0.2) is 44.4 Å². The number of phosphoric ester groups is 1. The fraction of sp³-hybridized carbons (Fsp3) is 1.00. The summed E-state index contributed by atoms with van der Waals surface area (Å²) in [5.74, 6) is 0. The molecule has 0 saturated carbocycles. The molecule has 0 saturated heterocycles. The van der Waals surface area contributed by atoms with Gasteiger partial charge in [0.2, 0.25) is 0 Å². The maximum Gasteiger partial charge on any atom is 0.463 e. The van der Waals surface area contributed by atoms with Gasteiger partial charge in [-0.2, -0.15) is 0 Å². The van der Waals surface area contributed by atoms with E-state index in [0.29, 0.717) is 13.2 Å². The molecule has 0 heterocycles. The van der Waals surface area contributed by atoms with Crippen molar-refractivity contribution in [1.82, 2.24) is 0 Å². The molecule has 0 aliphatic rings. The van der Waals surface area contributed by atoms with Gasteiger partial charge in [-0.05, 0) is 19.9 Å². The average molecular weight is 288 g/mol. The lowest BCUT2D eigenvalue weighted by atomic mass is 10.9. The Kier molecular flexibility index (Phi) is 9.25. The van der Waals surface area contributed by atoms with E-state index in [1.54, 1.807) is 13.8 Å². The van der Waals surface area contributed by atoms with E-state index in [0.717, 1.165) is 6.04 Å². The van der Waals surface area contributed by atoms with Crippen molar-refractivity contribution in [3.8, 4) is 0 Å². The Bertz CT molecular complexity index is 195. The monoisotopic (exact) mass is 288 g/mol. The fourth-order valence-corrected chi connectivity index (χ4v) is 18.2. The second-order valence-electron chi connectivity index (χ2n) is 2.97. The first-order valence-electron chi connectivity index (χ1n) is 5.29. The van der Waals surface area contributed by atoms with Crippen molar-refractivity contribution < 1.29 is 22.6 Å². The van der Waals surface area contributed by atoms with Crippen LogP contribution in [0.25, 0.3) is 0 Å². The molecule has 9 heteroatoms. The summed E-state index contributed by atoms with van der Waals surface area (Å²) >= 11 is 0. The van der Waals surface area contributed by atoms with Crippen LogP contribution in [-0.2, 0) is 17.8 Å². The summed E-state index contributed by atoms with van der Waals surface area (Å²) in [4.78, 5) is 9.50. The fourth-order valence-electron chi connectivity index (χ4n) is 0.933. The van der Waals surface area contributed by atoms with E-state index in [1.165, 1.54) is 0 Å². The van der Waals surface area contributed by atoms with Gasteiger partial charge in [0.05, 0.1) is 21.8 Å². The van der Waals surface area contributed by atoms with Crippen LogP contribution in [0.1, 0.15) is 20.8 Å². The maximum absolute atomic E-state index is 11.8. The Balaban J connectivity index is 3.90. The van der Waals surface area contributed by atoms with Crippen molar-refractivity contribution in [2.75, 3.05) is 13.2 Å². The van der Waals surface area contributed by atoms with Gasteiger partial charge in [0, 0.05) is 0 Å². The summed E-state index contributed by atoms with van der Waals surface area (Å²) in [5, 5.41) is 0. The van der Waals surface area contributed by atoms with Crippen molar-refractivity contribution in [3.05, 3.63) is 0 Å². The highest BCUT2D eigenvalue weighted by molar-refractivity contribution is 7.51. The van der Waals surface area contributed by atoms with E-state index in [1.807, 2.05) is 6.92 Å². The van der Waals surface area contributed by atoms with Crippen molar-refractivity contribution in [3.63, 3.8) is 0 Å². The highest BCUT2D eigenvalue weighted by atomic mass is 31.2. The SMILES string of the molecule is CCOP(=O)(OCC)O[SiH2][SiH2][SiH](O)CC. The Labute approximate surface area is 97.2 Å². The third-order valence-electron chi connectivity index (χ3n) is 1.75. The molecule has 0 amide bonds. The molecule has 0 fully saturated rings. The van der Waals surface area contributed by atoms with Crippen LogP contribution >= 0.6 is 7.82 Å². The zero-order chi connectivity index (χ0) is 11.7. The zero-order valence-corrected chi connectivity index (χ0v) is 14.5. The van der Waals surface area contributed by atoms with E-state index in [4.69, 9.17) is 13.3 Å². The third-order valence-corrected chi connectivity index (χ3v) is 20.9. The molecule has 0 bridgehead atoms. The van der Waals surface area contributed by atoms with E-state index in [2.05, 4.69) is 0 Å². The van der Waals surface area contributed by atoms with Gasteiger partial charge in [-0.3, -0.25) is 9.05 Å². The lowest BCUT2D eigenvalue weighted by Crippen LogP contribution is -2.27. The Hall–Kier alpha value is 0.721. The summed E-state index contributed by atoms with van der Waals surface area (Å²) in [6.07, 6.45) is 0.